The second-order valence-electron chi connectivity index (χ2n) is 4.49. The second-order valence-corrected chi connectivity index (χ2v) is 5.66. The van der Waals surface area contributed by atoms with Gasteiger partial charge < -0.3 is 15.0 Å². The molecule has 0 fully saturated rings. The van der Waals surface area contributed by atoms with E-state index in [0.29, 0.717) is 0 Å². The fraction of sp³-hybridized carbons (Fsp3) is 0.267. The van der Waals surface area contributed by atoms with E-state index in [2.05, 4.69) is 22.1 Å². The number of thiocarbonyl (C=S) groups is 1. The molecule has 2 aromatic rings. The van der Waals surface area contributed by atoms with Gasteiger partial charge in [-0.25, -0.2) is 0 Å². The van der Waals surface area contributed by atoms with Crippen molar-refractivity contribution in [3.63, 3.8) is 0 Å². The van der Waals surface area contributed by atoms with Gasteiger partial charge in [0.2, 0.25) is 0 Å². The lowest BCUT2D eigenvalue weighted by atomic mass is 10.2. The number of thiophene rings is 1. The Morgan fingerprint density at radius 3 is 2.60 bits per heavy atom. The number of nitrogens with one attached hydrogen (secondary N) is 1. The summed E-state index contributed by atoms with van der Waals surface area (Å²) in [5, 5.41) is 8.25. The smallest absolute Gasteiger partial charge is 0.169 e. The van der Waals surface area contributed by atoms with Crippen LogP contribution >= 0.6 is 23.6 Å². The average Bonchev–Trinajstić information content (AvgIpc) is 2.98. The number of benzene rings is 1. The predicted molar refractivity (Wildman–Crippen MR) is 88.2 cm³/mol. The van der Waals surface area contributed by atoms with Crippen LogP contribution in [0.25, 0.3) is 0 Å². The summed E-state index contributed by atoms with van der Waals surface area (Å²) in [5.74, 6) is 0.867. The molecule has 1 heterocycles. The van der Waals surface area contributed by atoms with Crippen LogP contribution in [0.5, 0.6) is 5.75 Å². The molecule has 0 saturated carbocycles. The van der Waals surface area contributed by atoms with Crippen molar-refractivity contribution in [1.82, 2.24) is 10.2 Å². The van der Waals surface area contributed by atoms with Gasteiger partial charge in [0.25, 0.3) is 0 Å². The molecule has 1 aromatic heterocycles. The molecule has 2 rings (SSSR count). The summed E-state index contributed by atoms with van der Waals surface area (Å²) in [6.07, 6.45) is 0. The fourth-order valence-electron chi connectivity index (χ4n) is 1.78. The third kappa shape index (κ3) is 4.21. The number of hydrogen-bond donors (Lipinski definition) is 1. The van der Waals surface area contributed by atoms with Crippen LogP contribution in [0.4, 0.5) is 0 Å². The van der Waals surface area contributed by atoms with E-state index in [-0.39, 0.29) is 0 Å². The Morgan fingerprint density at radius 2 is 2.00 bits per heavy atom. The van der Waals surface area contributed by atoms with Crippen LogP contribution in [0.2, 0.25) is 0 Å². The highest BCUT2D eigenvalue weighted by Gasteiger charge is 2.05. The van der Waals surface area contributed by atoms with E-state index in [4.69, 9.17) is 17.0 Å². The molecule has 0 spiro atoms. The average molecular weight is 306 g/mol. The van der Waals surface area contributed by atoms with Gasteiger partial charge in [-0.15, -0.1) is 0 Å². The van der Waals surface area contributed by atoms with E-state index >= 15 is 0 Å². The van der Waals surface area contributed by atoms with Crippen molar-refractivity contribution in [3.05, 3.63) is 52.2 Å². The molecule has 0 aliphatic carbocycles. The summed E-state index contributed by atoms with van der Waals surface area (Å²) in [6, 6.07) is 10.1. The van der Waals surface area contributed by atoms with E-state index in [1.54, 1.807) is 18.4 Å². The Kier molecular flexibility index (Phi) is 5.38. The van der Waals surface area contributed by atoms with Gasteiger partial charge in [0.15, 0.2) is 5.11 Å². The van der Waals surface area contributed by atoms with Gasteiger partial charge in [0.05, 0.1) is 7.11 Å². The first-order valence-electron chi connectivity index (χ1n) is 6.32. The summed E-state index contributed by atoms with van der Waals surface area (Å²) in [6.45, 7) is 1.55. The summed E-state index contributed by atoms with van der Waals surface area (Å²) in [5.41, 5.74) is 2.46. The van der Waals surface area contributed by atoms with Crippen molar-refractivity contribution in [2.24, 2.45) is 0 Å². The molecule has 20 heavy (non-hydrogen) atoms. The molecule has 0 aliphatic rings. The molecule has 1 aromatic carbocycles. The maximum Gasteiger partial charge on any atom is 0.169 e. The van der Waals surface area contributed by atoms with Gasteiger partial charge in [0.1, 0.15) is 5.75 Å². The van der Waals surface area contributed by atoms with Crippen molar-refractivity contribution in [2.75, 3.05) is 14.2 Å². The van der Waals surface area contributed by atoms with Gasteiger partial charge in [-0.05, 0) is 52.3 Å². The molecule has 0 aliphatic heterocycles. The topological polar surface area (TPSA) is 24.5 Å². The van der Waals surface area contributed by atoms with Gasteiger partial charge in [-0.1, -0.05) is 12.1 Å². The Morgan fingerprint density at radius 1 is 1.25 bits per heavy atom. The third-order valence-corrected chi connectivity index (χ3v) is 4.14. The van der Waals surface area contributed by atoms with Crippen LogP contribution in [0.15, 0.2) is 41.1 Å². The van der Waals surface area contributed by atoms with Crippen LogP contribution in [0.1, 0.15) is 11.1 Å². The van der Waals surface area contributed by atoms with Crippen LogP contribution in [0, 0.1) is 0 Å². The predicted octanol–water partition coefficient (Wildman–Crippen LogP) is 3.26. The zero-order valence-corrected chi connectivity index (χ0v) is 13.3. The lowest BCUT2D eigenvalue weighted by Crippen LogP contribution is -2.36. The van der Waals surface area contributed by atoms with Gasteiger partial charge in [-0.3, -0.25) is 0 Å². The Balaban J connectivity index is 1.81. The van der Waals surface area contributed by atoms with Crippen molar-refractivity contribution < 1.29 is 4.74 Å². The first-order valence-corrected chi connectivity index (χ1v) is 7.67. The van der Waals surface area contributed by atoms with Crippen LogP contribution < -0.4 is 10.1 Å². The molecular formula is C15H18N2OS2. The Bertz CT molecular complexity index is 538. The Labute approximate surface area is 129 Å². The zero-order chi connectivity index (χ0) is 14.4. The van der Waals surface area contributed by atoms with Gasteiger partial charge in [0, 0.05) is 20.1 Å². The van der Waals surface area contributed by atoms with E-state index in [9.17, 15) is 0 Å². The first kappa shape index (κ1) is 14.8. The maximum atomic E-state index is 5.39. The summed E-state index contributed by atoms with van der Waals surface area (Å²) < 4.78 is 5.14. The minimum Gasteiger partial charge on any atom is -0.497 e. The maximum absolute atomic E-state index is 5.39. The quantitative estimate of drug-likeness (QED) is 0.857. The van der Waals surface area contributed by atoms with Crippen molar-refractivity contribution in [2.45, 2.75) is 13.1 Å². The Hall–Kier alpha value is -1.59. The standard InChI is InChI=1S/C15H18N2OS2/c1-17(10-13-7-8-20-11-13)15(19)16-9-12-3-5-14(18-2)6-4-12/h3-8,11H,9-10H2,1-2H3,(H,16,19). The molecular weight excluding hydrogens is 288 g/mol. The van der Waals surface area contributed by atoms with Crippen molar-refractivity contribution in [1.29, 1.82) is 0 Å². The molecule has 5 heteroatoms. The molecule has 106 valence electrons. The summed E-state index contributed by atoms with van der Waals surface area (Å²) in [4.78, 5) is 2.04. The van der Waals surface area contributed by atoms with Crippen LogP contribution in [-0.4, -0.2) is 24.2 Å². The SMILES string of the molecule is COc1ccc(CNC(=S)N(C)Cc2ccsc2)cc1. The third-order valence-electron chi connectivity index (χ3n) is 2.95. The van der Waals surface area contributed by atoms with Gasteiger partial charge >= 0.3 is 0 Å². The number of hydrogen-bond acceptors (Lipinski definition) is 3. The number of nitrogens with zero attached hydrogens (tertiary/aromatic N) is 1. The molecule has 0 amide bonds. The molecule has 3 nitrogen and oxygen atoms in total. The van der Waals surface area contributed by atoms with E-state index in [0.717, 1.165) is 24.0 Å². The second kappa shape index (κ2) is 7.26. The normalized spacial score (nSPS) is 10.1. The van der Waals surface area contributed by atoms with Crippen LogP contribution in [-0.2, 0) is 13.1 Å². The van der Waals surface area contributed by atoms with Crippen LogP contribution in [0.3, 0.4) is 0 Å². The van der Waals surface area contributed by atoms with E-state index in [1.807, 2.05) is 36.2 Å². The summed E-state index contributed by atoms with van der Waals surface area (Å²) in [7, 11) is 3.67. The molecule has 0 unspecified atom stereocenters. The lowest BCUT2D eigenvalue weighted by Gasteiger charge is -2.20. The van der Waals surface area contributed by atoms with E-state index in [1.165, 1.54) is 11.1 Å². The minimum atomic E-state index is 0.719. The van der Waals surface area contributed by atoms with E-state index < -0.39 is 0 Å². The first-order chi connectivity index (χ1) is 9.69. The highest BCUT2D eigenvalue weighted by Crippen LogP contribution is 2.11. The fourth-order valence-corrected chi connectivity index (χ4v) is 2.58. The monoisotopic (exact) mass is 306 g/mol. The molecule has 1 N–H and O–H groups in total. The zero-order valence-electron chi connectivity index (χ0n) is 11.6. The van der Waals surface area contributed by atoms with Crippen molar-refractivity contribution in [3.8, 4) is 5.75 Å². The largest absolute Gasteiger partial charge is 0.497 e. The lowest BCUT2D eigenvalue weighted by molar-refractivity contribution is 0.414. The highest BCUT2D eigenvalue weighted by atomic mass is 32.1. The molecule has 0 radical (unpaired) electrons. The molecule has 0 saturated heterocycles. The number of ether oxygens (including phenoxy) is 1. The molecule has 0 atom stereocenters. The minimum absolute atomic E-state index is 0.719. The summed E-state index contributed by atoms with van der Waals surface area (Å²) >= 11 is 7.10. The number of methoxy groups -OCH3 is 1. The number of rotatable bonds is 5. The van der Waals surface area contributed by atoms with Crippen molar-refractivity contribution >= 4 is 28.7 Å². The molecule has 0 bridgehead atoms. The van der Waals surface area contributed by atoms with Gasteiger partial charge in [-0.2, -0.15) is 11.3 Å². The highest BCUT2D eigenvalue weighted by molar-refractivity contribution is 7.80.